The summed E-state index contributed by atoms with van der Waals surface area (Å²) in [5.41, 5.74) is 0.306. The van der Waals surface area contributed by atoms with Crippen molar-refractivity contribution >= 4 is 17.7 Å². The second kappa shape index (κ2) is 7.96. The van der Waals surface area contributed by atoms with Crippen LogP contribution < -0.4 is 10.1 Å². The summed E-state index contributed by atoms with van der Waals surface area (Å²) in [7, 11) is 1.60. The fraction of sp³-hybridized carbons (Fsp3) is 0.583. The zero-order chi connectivity index (χ0) is 14.3. The van der Waals surface area contributed by atoms with Gasteiger partial charge in [-0.05, 0) is 20.1 Å². The summed E-state index contributed by atoms with van der Waals surface area (Å²) in [6, 6.07) is 1.83. The first-order valence-electron chi connectivity index (χ1n) is 5.97. The lowest BCUT2D eigenvalue weighted by Gasteiger charge is -2.13. The molecule has 1 aromatic rings. The van der Waals surface area contributed by atoms with Crippen LogP contribution in [0.15, 0.2) is 11.1 Å². The molecule has 0 spiro atoms. The molecule has 0 radical (unpaired) electrons. The normalized spacial score (nSPS) is 12.0. The highest BCUT2D eigenvalue weighted by atomic mass is 32.2. The summed E-state index contributed by atoms with van der Waals surface area (Å²) in [4.78, 5) is 20.1. The van der Waals surface area contributed by atoms with E-state index in [1.54, 1.807) is 13.2 Å². The minimum absolute atomic E-state index is 0.177. The molecule has 0 saturated heterocycles. The molecule has 106 valence electrons. The number of rotatable bonds is 7. The number of hydrogen-bond acceptors (Lipinski definition) is 6. The van der Waals surface area contributed by atoms with Gasteiger partial charge in [0.2, 0.25) is 0 Å². The van der Waals surface area contributed by atoms with Crippen LogP contribution in [0, 0.1) is 0 Å². The van der Waals surface area contributed by atoms with E-state index in [2.05, 4.69) is 15.3 Å². The Hall–Kier alpha value is -1.34. The van der Waals surface area contributed by atoms with Gasteiger partial charge in [-0.1, -0.05) is 0 Å². The van der Waals surface area contributed by atoms with Crippen molar-refractivity contribution in [3.05, 3.63) is 11.8 Å². The Balaban J connectivity index is 2.91. The van der Waals surface area contributed by atoms with Crippen molar-refractivity contribution in [2.75, 3.05) is 26.5 Å². The van der Waals surface area contributed by atoms with Gasteiger partial charge in [0.25, 0.3) is 5.91 Å². The van der Waals surface area contributed by atoms with E-state index in [0.717, 1.165) is 0 Å². The molecule has 1 rings (SSSR count). The van der Waals surface area contributed by atoms with Crippen molar-refractivity contribution in [3.63, 3.8) is 0 Å². The van der Waals surface area contributed by atoms with Gasteiger partial charge >= 0.3 is 6.01 Å². The summed E-state index contributed by atoms with van der Waals surface area (Å²) < 4.78 is 10.5. The molecule has 0 unspecified atom stereocenters. The number of nitrogens with one attached hydrogen (secondary N) is 1. The Morgan fingerprint density at radius 3 is 2.84 bits per heavy atom. The highest BCUT2D eigenvalue weighted by molar-refractivity contribution is 7.98. The molecule has 0 aliphatic carbocycles. The van der Waals surface area contributed by atoms with Crippen LogP contribution >= 0.6 is 11.8 Å². The van der Waals surface area contributed by atoms with Gasteiger partial charge < -0.3 is 14.8 Å². The Labute approximate surface area is 117 Å². The molecule has 1 heterocycles. The van der Waals surface area contributed by atoms with Crippen LogP contribution in [0.4, 0.5) is 0 Å². The van der Waals surface area contributed by atoms with E-state index in [1.165, 1.54) is 11.8 Å². The smallest absolute Gasteiger partial charge is 0.318 e. The maximum atomic E-state index is 11.8. The number of hydrogen-bond donors (Lipinski definition) is 1. The minimum atomic E-state index is -0.232. The molecule has 6 nitrogen and oxygen atoms in total. The van der Waals surface area contributed by atoms with Gasteiger partial charge in [0.1, 0.15) is 16.8 Å². The van der Waals surface area contributed by atoms with Gasteiger partial charge in [0, 0.05) is 19.7 Å². The van der Waals surface area contributed by atoms with Crippen LogP contribution in [0.5, 0.6) is 6.01 Å². The number of thioether (sulfide) groups is 1. The summed E-state index contributed by atoms with van der Waals surface area (Å²) in [6.07, 6.45) is 1.70. The van der Waals surface area contributed by atoms with Crippen LogP contribution in [-0.2, 0) is 4.74 Å². The molecule has 0 fully saturated rings. The first kappa shape index (κ1) is 15.7. The van der Waals surface area contributed by atoms with Gasteiger partial charge in [0.15, 0.2) is 0 Å². The Kier molecular flexibility index (Phi) is 6.58. The Bertz CT molecular complexity index is 429. The molecule has 1 aromatic heterocycles. The predicted octanol–water partition coefficient (Wildman–Crippen LogP) is 1.36. The van der Waals surface area contributed by atoms with Crippen LogP contribution in [0.2, 0.25) is 0 Å². The average molecular weight is 285 g/mol. The summed E-state index contributed by atoms with van der Waals surface area (Å²) in [6.45, 7) is 4.69. The Morgan fingerprint density at radius 1 is 1.53 bits per heavy atom. The third-order valence-corrected chi connectivity index (χ3v) is 2.80. The molecule has 0 aliphatic heterocycles. The SMILES string of the molecule is CCNC(=O)c1cc(SC)nc(O[C@H](C)COC)n1. The van der Waals surface area contributed by atoms with Gasteiger partial charge in [-0.25, -0.2) is 0 Å². The predicted molar refractivity (Wildman–Crippen MR) is 73.8 cm³/mol. The zero-order valence-electron chi connectivity index (χ0n) is 11.6. The highest BCUT2D eigenvalue weighted by Gasteiger charge is 2.13. The zero-order valence-corrected chi connectivity index (χ0v) is 12.4. The lowest BCUT2D eigenvalue weighted by molar-refractivity contribution is 0.0838. The topological polar surface area (TPSA) is 73.3 Å². The summed E-state index contributed by atoms with van der Waals surface area (Å²) >= 11 is 1.43. The molecule has 1 atom stereocenters. The molecule has 1 amide bonds. The Morgan fingerprint density at radius 2 is 2.26 bits per heavy atom. The second-order valence-electron chi connectivity index (χ2n) is 3.82. The van der Waals surface area contributed by atoms with E-state index in [-0.39, 0.29) is 18.0 Å². The number of amides is 1. The van der Waals surface area contributed by atoms with Gasteiger partial charge in [-0.2, -0.15) is 9.97 Å². The van der Waals surface area contributed by atoms with E-state index >= 15 is 0 Å². The monoisotopic (exact) mass is 285 g/mol. The molecular weight excluding hydrogens is 266 g/mol. The van der Waals surface area contributed by atoms with E-state index < -0.39 is 0 Å². The van der Waals surface area contributed by atoms with Crippen molar-refractivity contribution in [1.29, 1.82) is 0 Å². The third-order valence-electron chi connectivity index (χ3n) is 2.17. The first-order chi connectivity index (χ1) is 9.10. The average Bonchev–Trinajstić information content (AvgIpc) is 2.38. The van der Waals surface area contributed by atoms with Crippen molar-refractivity contribution in [2.24, 2.45) is 0 Å². The molecule has 0 aliphatic rings. The van der Waals surface area contributed by atoms with Crippen molar-refractivity contribution in [2.45, 2.75) is 25.0 Å². The van der Waals surface area contributed by atoms with Crippen LogP contribution in [-0.4, -0.2) is 48.5 Å². The number of nitrogens with zero attached hydrogens (tertiary/aromatic N) is 2. The van der Waals surface area contributed by atoms with E-state index in [4.69, 9.17) is 9.47 Å². The molecule has 1 N–H and O–H groups in total. The fourth-order valence-corrected chi connectivity index (χ4v) is 1.78. The molecule has 19 heavy (non-hydrogen) atoms. The molecule has 0 saturated carbocycles. The maximum Gasteiger partial charge on any atom is 0.318 e. The van der Waals surface area contributed by atoms with E-state index in [1.807, 2.05) is 20.1 Å². The van der Waals surface area contributed by atoms with Gasteiger partial charge in [-0.15, -0.1) is 11.8 Å². The lowest BCUT2D eigenvalue weighted by Crippen LogP contribution is -2.25. The van der Waals surface area contributed by atoms with Crippen LogP contribution in [0.3, 0.4) is 0 Å². The van der Waals surface area contributed by atoms with E-state index in [9.17, 15) is 4.79 Å². The van der Waals surface area contributed by atoms with Crippen LogP contribution in [0.1, 0.15) is 24.3 Å². The maximum absolute atomic E-state index is 11.8. The lowest BCUT2D eigenvalue weighted by atomic mass is 10.4. The van der Waals surface area contributed by atoms with E-state index in [0.29, 0.717) is 23.9 Å². The number of ether oxygens (including phenoxy) is 2. The van der Waals surface area contributed by atoms with Gasteiger partial charge in [-0.3, -0.25) is 4.79 Å². The molecule has 0 bridgehead atoms. The number of carbonyl (C=O) groups excluding carboxylic acids is 1. The van der Waals surface area contributed by atoms with Crippen molar-refractivity contribution < 1.29 is 14.3 Å². The number of methoxy groups -OCH3 is 1. The number of carbonyl (C=O) groups is 1. The second-order valence-corrected chi connectivity index (χ2v) is 4.65. The molecule has 0 aromatic carbocycles. The highest BCUT2D eigenvalue weighted by Crippen LogP contribution is 2.17. The van der Waals surface area contributed by atoms with Crippen molar-refractivity contribution in [3.8, 4) is 6.01 Å². The quantitative estimate of drug-likeness (QED) is 0.602. The summed E-state index contributed by atoms with van der Waals surface area (Å²) in [5.74, 6) is -0.232. The minimum Gasteiger partial charge on any atom is -0.458 e. The molecule has 7 heteroatoms. The largest absolute Gasteiger partial charge is 0.458 e. The van der Waals surface area contributed by atoms with Crippen LogP contribution in [0.25, 0.3) is 0 Å². The third kappa shape index (κ3) is 5.04. The first-order valence-corrected chi connectivity index (χ1v) is 7.20. The van der Waals surface area contributed by atoms with Gasteiger partial charge in [0.05, 0.1) is 6.61 Å². The number of aromatic nitrogens is 2. The standard InChI is InChI=1S/C12H19N3O3S/c1-5-13-11(16)9-6-10(19-4)15-12(14-9)18-8(2)7-17-3/h6,8H,5,7H2,1-4H3,(H,13,16)/t8-/m1/s1. The summed E-state index contributed by atoms with van der Waals surface area (Å²) in [5, 5.41) is 3.39. The molecular formula is C12H19N3O3S. The van der Waals surface area contributed by atoms with Crippen molar-refractivity contribution in [1.82, 2.24) is 15.3 Å². The fourth-order valence-electron chi connectivity index (χ4n) is 1.38.